The zero-order chi connectivity index (χ0) is 18.1. The Morgan fingerprint density at radius 2 is 1.42 bits per heavy atom. The van der Waals surface area contributed by atoms with Crippen molar-refractivity contribution in [1.82, 2.24) is 0 Å². The average Bonchev–Trinajstić information content (AvgIpc) is 2.43. The Hall–Kier alpha value is -1.98. The lowest BCUT2D eigenvalue weighted by Gasteiger charge is -2.21. The van der Waals surface area contributed by atoms with Gasteiger partial charge in [-0.1, -0.05) is 42.0 Å². The molecular formula is C18H16F6. The zero-order valence-electron chi connectivity index (χ0n) is 13.1. The second-order valence-corrected chi connectivity index (χ2v) is 6.05. The molecule has 6 heteroatoms. The molecule has 2 aromatic carbocycles. The van der Waals surface area contributed by atoms with E-state index in [-0.39, 0.29) is 5.56 Å². The first-order valence-electron chi connectivity index (χ1n) is 7.28. The van der Waals surface area contributed by atoms with Gasteiger partial charge in [-0.25, -0.2) is 26.3 Å². The molecule has 2 rings (SSSR count). The predicted octanol–water partition coefficient (Wildman–Crippen LogP) is 6.16. The summed E-state index contributed by atoms with van der Waals surface area (Å²) in [5.41, 5.74) is 0.629. The first-order valence-corrected chi connectivity index (χ1v) is 7.28. The van der Waals surface area contributed by atoms with E-state index in [2.05, 4.69) is 0 Å². The molecule has 0 bridgehead atoms. The topological polar surface area (TPSA) is 0 Å². The third-order valence-electron chi connectivity index (χ3n) is 3.54. The van der Waals surface area contributed by atoms with Gasteiger partial charge in [-0.3, -0.25) is 0 Å². The van der Waals surface area contributed by atoms with E-state index in [9.17, 15) is 26.3 Å². The van der Waals surface area contributed by atoms with Crippen LogP contribution in [-0.2, 0) is 6.42 Å². The van der Waals surface area contributed by atoms with E-state index in [0.717, 1.165) is 11.6 Å². The van der Waals surface area contributed by atoms with E-state index in [0.29, 0.717) is 12.5 Å². The fraction of sp³-hybridized carbons (Fsp3) is 0.333. The molecule has 0 saturated carbocycles. The van der Waals surface area contributed by atoms with Gasteiger partial charge in [0.05, 0.1) is 6.42 Å². The highest BCUT2D eigenvalue weighted by Gasteiger charge is 2.40. The van der Waals surface area contributed by atoms with Crippen molar-refractivity contribution in [3.63, 3.8) is 0 Å². The minimum Gasteiger partial charge on any atom is -0.207 e. The maximum Gasteiger partial charge on any atom is 0.257 e. The van der Waals surface area contributed by atoms with Crippen LogP contribution in [0.4, 0.5) is 26.3 Å². The molecular weight excluding hydrogens is 330 g/mol. The van der Waals surface area contributed by atoms with Crippen LogP contribution in [0, 0.1) is 18.6 Å². The van der Waals surface area contributed by atoms with E-state index in [1.807, 2.05) is 6.92 Å². The molecule has 0 aliphatic heterocycles. The Morgan fingerprint density at radius 3 is 1.96 bits per heavy atom. The third kappa shape index (κ3) is 4.52. The van der Waals surface area contributed by atoms with Gasteiger partial charge in [0.2, 0.25) is 0 Å². The molecule has 2 aromatic rings. The van der Waals surface area contributed by atoms with Crippen LogP contribution >= 0.6 is 0 Å². The third-order valence-corrected chi connectivity index (χ3v) is 3.54. The summed E-state index contributed by atoms with van der Waals surface area (Å²) >= 11 is 0. The molecule has 0 aliphatic rings. The fourth-order valence-electron chi connectivity index (χ4n) is 2.48. The van der Waals surface area contributed by atoms with Gasteiger partial charge in [-0.05, 0) is 25.0 Å². The maximum absolute atomic E-state index is 14.2. The maximum atomic E-state index is 14.2. The molecule has 0 nitrogen and oxygen atoms in total. The van der Waals surface area contributed by atoms with Crippen molar-refractivity contribution in [2.24, 2.45) is 0 Å². The molecule has 24 heavy (non-hydrogen) atoms. The van der Waals surface area contributed by atoms with Crippen molar-refractivity contribution < 1.29 is 26.3 Å². The molecule has 0 radical (unpaired) electrons. The quantitative estimate of drug-likeness (QED) is 0.569. The van der Waals surface area contributed by atoms with Gasteiger partial charge in [0.15, 0.2) is 11.6 Å². The van der Waals surface area contributed by atoms with Crippen molar-refractivity contribution in [3.05, 3.63) is 59.2 Å². The van der Waals surface area contributed by atoms with E-state index >= 15 is 0 Å². The van der Waals surface area contributed by atoms with Crippen LogP contribution in [0.25, 0.3) is 11.1 Å². The number of hydrogen-bond acceptors (Lipinski definition) is 0. The van der Waals surface area contributed by atoms with Crippen LogP contribution in [0.2, 0.25) is 0 Å². The number of halogens is 6. The Kier molecular flexibility index (Phi) is 4.97. The second kappa shape index (κ2) is 6.49. The number of alkyl halides is 4. The second-order valence-electron chi connectivity index (χ2n) is 6.05. The highest BCUT2D eigenvalue weighted by atomic mass is 19.3. The molecule has 0 atom stereocenters. The van der Waals surface area contributed by atoms with Gasteiger partial charge in [-0.2, -0.15) is 0 Å². The lowest BCUT2D eigenvalue weighted by molar-refractivity contribution is -0.100. The number of benzene rings is 2. The Morgan fingerprint density at radius 1 is 0.833 bits per heavy atom. The zero-order valence-corrected chi connectivity index (χ0v) is 13.1. The van der Waals surface area contributed by atoms with Gasteiger partial charge < -0.3 is 0 Å². The van der Waals surface area contributed by atoms with Crippen LogP contribution in [0.15, 0.2) is 36.4 Å². The minimum atomic E-state index is -3.84. The molecule has 0 N–H and O–H groups in total. The predicted molar refractivity (Wildman–Crippen MR) is 80.4 cm³/mol. The molecule has 0 unspecified atom stereocenters. The summed E-state index contributed by atoms with van der Waals surface area (Å²) in [6.07, 6.45) is -3.01. The average molecular weight is 346 g/mol. The van der Waals surface area contributed by atoms with Crippen LogP contribution in [0.3, 0.4) is 0 Å². The van der Waals surface area contributed by atoms with E-state index < -0.39 is 41.9 Å². The van der Waals surface area contributed by atoms with Crippen molar-refractivity contribution >= 4 is 0 Å². The Balaban J connectivity index is 2.32. The minimum absolute atomic E-state index is 0.0691. The van der Waals surface area contributed by atoms with Crippen molar-refractivity contribution in [2.45, 2.75) is 38.5 Å². The van der Waals surface area contributed by atoms with Gasteiger partial charge in [0.1, 0.15) is 0 Å². The van der Waals surface area contributed by atoms with Crippen molar-refractivity contribution in [2.75, 3.05) is 0 Å². The first-order chi connectivity index (χ1) is 11.0. The number of aryl methyl sites for hydroxylation is 1. The summed E-state index contributed by atoms with van der Waals surface area (Å²) in [5, 5.41) is 0. The normalized spacial score (nSPS) is 12.5. The smallest absolute Gasteiger partial charge is 0.207 e. The van der Waals surface area contributed by atoms with Crippen LogP contribution in [0.5, 0.6) is 0 Å². The van der Waals surface area contributed by atoms with E-state index in [4.69, 9.17) is 0 Å². The molecule has 0 heterocycles. The number of hydrogen-bond donors (Lipinski definition) is 0. The molecule has 0 saturated heterocycles. The first kappa shape index (κ1) is 18.4. The Bertz CT molecular complexity index is 714. The van der Waals surface area contributed by atoms with Gasteiger partial charge in [0, 0.05) is 12.0 Å². The van der Waals surface area contributed by atoms with Crippen LogP contribution in [0.1, 0.15) is 24.5 Å². The summed E-state index contributed by atoms with van der Waals surface area (Å²) in [7, 11) is 0. The number of rotatable bonds is 5. The highest BCUT2D eigenvalue weighted by Crippen LogP contribution is 2.35. The summed E-state index contributed by atoms with van der Waals surface area (Å²) in [4.78, 5) is 0. The van der Waals surface area contributed by atoms with Crippen molar-refractivity contribution in [3.8, 4) is 11.1 Å². The molecule has 130 valence electrons. The summed E-state index contributed by atoms with van der Waals surface area (Å²) < 4.78 is 81.1. The largest absolute Gasteiger partial charge is 0.257 e. The van der Waals surface area contributed by atoms with Crippen molar-refractivity contribution in [1.29, 1.82) is 0 Å². The van der Waals surface area contributed by atoms with Gasteiger partial charge >= 0.3 is 0 Å². The molecule has 0 aromatic heterocycles. The standard InChI is InChI=1S/C18H16F6/c1-11-3-5-12(6-4-11)14-8-7-13(15(19)16(14)20)9-18(23,24)10-17(2,21)22/h3-8H,9-10H2,1-2H3. The SMILES string of the molecule is Cc1ccc(-c2ccc(CC(F)(F)CC(C)(F)F)c(F)c2F)cc1. The van der Waals surface area contributed by atoms with E-state index in [1.54, 1.807) is 24.3 Å². The van der Waals surface area contributed by atoms with Crippen LogP contribution < -0.4 is 0 Å². The van der Waals surface area contributed by atoms with Crippen LogP contribution in [-0.4, -0.2) is 11.8 Å². The molecule has 0 aliphatic carbocycles. The van der Waals surface area contributed by atoms with Gasteiger partial charge in [0.25, 0.3) is 11.8 Å². The summed E-state index contributed by atoms with van der Waals surface area (Å²) in [5.74, 6) is -10.1. The molecule has 0 amide bonds. The fourth-order valence-corrected chi connectivity index (χ4v) is 2.48. The Labute approximate surface area is 136 Å². The lowest BCUT2D eigenvalue weighted by Crippen LogP contribution is -2.29. The summed E-state index contributed by atoms with van der Waals surface area (Å²) in [6.45, 7) is 2.19. The highest BCUT2D eigenvalue weighted by molar-refractivity contribution is 5.65. The monoisotopic (exact) mass is 346 g/mol. The lowest BCUT2D eigenvalue weighted by atomic mass is 9.97. The van der Waals surface area contributed by atoms with Gasteiger partial charge in [-0.15, -0.1) is 0 Å². The van der Waals surface area contributed by atoms with E-state index in [1.165, 1.54) is 6.07 Å². The summed E-state index contributed by atoms with van der Waals surface area (Å²) in [6, 6.07) is 8.77. The molecule has 0 spiro atoms. The molecule has 0 fully saturated rings.